The summed E-state index contributed by atoms with van der Waals surface area (Å²) < 4.78 is 28.7. The van der Waals surface area contributed by atoms with Crippen LogP contribution in [0.1, 0.15) is 46.8 Å². The first-order chi connectivity index (χ1) is 13.2. The molecule has 0 aromatic heterocycles. The van der Waals surface area contributed by atoms with Crippen LogP contribution in [0.15, 0.2) is 41.3 Å². The van der Waals surface area contributed by atoms with E-state index < -0.39 is 10.0 Å². The fraction of sp³-hybridized carbons (Fsp3) is 0.409. The van der Waals surface area contributed by atoms with Crippen LogP contribution in [-0.4, -0.2) is 32.3 Å². The van der Waals surface area contributed by atoms with E-state index in [1.165, 1.54) is 6.07 Å². The van der Waals surface area contributed by atoms with Crippen molar-refractivity contribution in [3.05, 3.63) is 58.7 Å². The molecule has 1 aliphatic heterocycles. The average Bonchev–Trinajstić information content (AvgIpc) is 2.63. The maximum atomic E-state index is 13.0. The van der Waals surface area contributed by atoms with Gasteiger partial charge in [-0.1, -0.05) is 30.7 Å². The number of hydrogen-bond donors (Lipinski definition) is 1. The number of aryl methyl sites for hydroxylation is 3. The van der Waals surface area contributed by atoms with Gasteiger partial charge in [-0.15, -0.1) is 0 Å². The Morgan fingerprint density at radius 3 is 2.50 bits per heavy atom. The highest BCUT2D eigenvalue weighted by Crippen LogP contribution is 2.25. The smallest absolute Gasteiger partial charge is 0.262 e. The van der Waals surface area contributed by atoms with Gasteiger partial charge in [0.05, 0.1) is 10.6 Å². The van der Waals surface area contributed by atoms with Crippen molar-refractivity contribution in [3.63, 3.8) is 0 Å². The lowest BCUT2D eigenvalue weighted by molar-refractivity contribution is 0.0683. The third kappa shape index (κ3) is 4.38. The summed E-state index contributed by atoms with van der Waals surface area (Å²) in [5, 5.41) is 0. The van der Waals surface area contributed by atoms with Crippen LogP contribution in [0.2, 0.25) is 0 Å². The average molecular weight is 401 g/mol. The number of anilines is 1. The number of rotatable bonds is 4. The Morgan fingerprint density at radius 1 is 1.07 bits per heavy atom. The lowest BCUT2D eigenvalue weighted by Crippen LogP contribution is -2.39. The molecule has 1 atom stereocenters. The van der Waals surface area contributed by atoms with Crippen LogP contribution in [0.5, 0.6) is 0 Å². The van der Waals surface area contributed by atoms with Gasteiger partial charge in [-0.25, -0.2) is 8.42 Å². The Morgan fingerprint density at radius 2 is 1.82 bits per heavy atom. The predicted octanol–water partition coefficient (Wildman–Crippen LogP) is 4.28. The third-order valence-corrected chi connectivity index (χ3v) is 6.80. The summed E-state index contributed by atoms with van der Waals surface area (Å²) in [7, 11) is -3.80. The zero-order valence-electron chi connectivity index (χ0n) is 17.0. The van der Waals surface area contributed by atoms with E-state index in [-0.39, 0.29) is 10.8 Å². The number of sulfonamides is 1. The summed E-state index contributed by atoms with van der Waals surface area (Å²) in [6.07, 6.45) is 2.11. The summed E-state index contributed by atoms with van der Waals surface area (Å²) in [6, 6.07) is 10.5. The van der Waals surface area contributed by atoms with Crippen LogP contribution in [0.3, 0.4) is 0 Å². The summed E-state index contributed by atoms with van der Waals surface area (Å²) in [6.45, 7) is 9.16. The molecule has 1 fully saturated rings. The van der Waals surface area contributed by atoms with Gasteiger partial charge >= 0.3 is 0 Å². The Balaban J connectivity index is 1.90. The first-order valence-corrected chi connectivity index (χ1v) is 11.2. The lowest BCUT2D eigenvalue weighted by Gasteiger charge is -2.31. The zero-order chi connectivity index (χ0) is 20.5. The van der Waals surface area contributed by atoms with Gasteiger partial charge in [0.1, 0.15) is 0 Å². The van der Waals surface area contributed by atoms with Crippen molar-refractivity contribution in [2.45, 2.75) is 45.4 Å². The summed E-state index contributed by atoms with van der Waals surface area (Å²) in [5.41, 5.74) is 3.50. The number of nitrogens with one attached hydrogen (secondary N) is 1. The maximum Gasteiger partial charge on any atom is 0.262 e. The van der Waals surface area contributed by atoms with Gasteiger partial charge in [-0.2, -0.15) is 0 Å². The van der Waals surface area contributed by atoms with Crippen molar-refractivity contribution in [1.29, 1.82) is 0 Å². The SMILES string of the molecule is Cc1ccc(NS(=O)(=O)c2cc(C(=O)N3CCC[C@H](C)C3)ccc2C)c(C)c1. The van der Waals surface area contributed by atoms with Crippen molar-refractivity contribution in [2.24, 2.45) is 5.92 Å². The molecule has 28 heavy (non-hydrogen) atoms. The van der Waals surface area contributed by atoms with Crippen molar-refractivity contribution in [3.8, 4) is 0 Å². The Labute approximate surface area is 167 Å². The molecule has 2 aromatic rings. The minimum absolute atomic E-state index is 0.102. The van der Waals surface area contributed by atoms with Gasteiger partial charge in [-0.3, -0.25) is 9.52 Å². The largest absolute Gasteiger partial charge is 0.338 e. The number of carbonyl (C=O) groups is 1. The standard InChI is InChI=1S/C22H28N2O3S/c1-15-7-10-20(18(4)12-15)23-28(26,27)21-13-19(9-8-17(21)3)22(25)24-11-5-6-16(2)14-24/h7-10,12-13,16,23H,5-6,11,14H2,1-4H3/t16-/m0/s1. The number of benzene rings is 2. The molecular formula is C22H28N2O3S. The number of amides is 1. The highest BCUT2D eigenvalue weighted by Gasteiger charge is 2.25. The van der Waals surface area contributed by atoms with Crippen LogP contribution >= 0.6 is 0 Å². The van der Waals surface area contributed by atoms with Gasteiger partial charge in [0.2, 0.25) is 0 Å². The highest BCUT2D eigenvalue weighted by atomic mass is 32.2. The second kappa shape index (κ2) is 7.95. The second-order valence-electron chi connectivity index (χ2n) is 7.90. The van der Waals surface area contributed by atoms with E-state index >= 15 is 0 Å². The zero-order valence-corrected chi connectivity index (χ0v) is 17.8. The minimum atomic E-state index is -3.80. The van der Waals surface area contributed by atoms with E-state index in [2.05, 4.69) is 11.6 Å². The molecule has 1 N–H and O–H groups in total. The number of likely N-dealkylation sites (tertiary alicyclic amines) is 1. The van der Waals surface area contributed by atoms with Crippen molar-refractivity contribution >= 4 is 21.6 Å². The molecule has 6 heteroatoms. The van der Waals surface area contributed by atoms with Gasteiger partial charge in [-0.05, 0) is 68.9 Å². The summed E-state index contributed by atoms with van der Waals surface area (Å²) in [4.78, 5) is 14.9. The molecule has 0 radical (unpaired) electrons. The second-order valence-corrected chi connectivity index (χ2v) is 9.55. The van der Waals surface area contributed by atoms with Crippen molar-refractivity contribution in [1.82, 2.24) is 4.90 Å². The molecule has 150 valence electrons. The van der Waals surface area contributed by atoms with E-state index in [0.29, 0.717) is 22.7 Å². The van der Waals surface area contributed by atoms with Gasteiger partial charge < -0.3 is 4.90 Å². The Kier molecular flexibility index (Phi) is 5.79. The normalized spacial score (nSPS) is 17.4. The molecule has 2 aromatic carbocycles. The summed E-state index contributed by atoms with van der Waals surface area (Å²) in [5.74, 6) is 0.368. The van der Waals surface area contributed by atoms with Crippen LogP contribution in [0, 0.1) is 26.7 Å². The number of carbonyl (C=O) groups excluding carboxylic acids is 1. The van der Waals surface area contributed by atoms with Crippen molar-refractivity contribution < 1.29 is 13.2 Å². The van der Waals surface area contributed by atoms with Crippen molar-refractivity contribution in [2.75, 3.05) is 17.8 Å². The molecule has 1 heterocycles. The maximum absolute atomic E-state index is 13.0. The topological polar surface area (TPSA) is 66.5 Å². The fourth-order valence-electron chi connectivity index (χ4n) is 3.71. The first kappa shape index (κ1) is 20.4. The van der Waals surface area contributed by atoms with Crippen LogP contribution < -0.4 is 4.72 Å². The molecule has 0 unspecified atom stereocenters. The van der Waals surface area contributed by atoms with Gasteiger partial charge in [0.25, 0.3) is 15.9 Å². The van der Waals surface area contributed by atoms with E-state index in [1.807, 2.05) is 30.9 Å². The first-order valence-electron chi connectivity index (χ1n) is 9.67. The fourth-order valence-corrected chi connectivity index (χ4v) is 5.11. The molecule has 0 aliphatic carbocycles. The van der Waals surface area contributed by atoms with Crippen LogP contribution in [-0.2, 0) is 10.0 Å². The van der Waals surface area contributed by atoms with E-state index in [9.17, 15) is 13.2 Å². The van der Waals surface area contributed by atoms with E-state index in [0.717, 1.165) is 37.1 Å². The van der Waals surface area contributed by atoms with Crippen LogP contribution in [0.4, 0.5) is 5.69 Å². The van der Waals surface area contributed by atoms with Gasteiger partial charge in [0.15, 0.2) is 0 Å². The van der Waals surface area contributed by atoms with E-state index in [1.54, 1.807) is 25.1 Å². The minimum Gasteiger partial charge on any atom is -0.338 e. The highest BCUT2D eigenvalue weighted by molar-refractivity contribution is 7.92. The quantitative estimate of drug-likeness (QED) is 0.833. The van der Waals surface area contributed by atoms with Gasteiger partial charge in [0, 0.05) is 18.7 Å². The monoisotopic (exact) mass is 400 g/mol. The molecule has 0 bridgehead atoms. The molecule has 0 saturated carbocycles. The molecule has 1 aliphatic rings. The number of hydrogen-bond acceptors (Lipinski definition) is 3. The third-order valence-electron chi connectivity index (χ3n) is 5.30. The molecule has 1 amide bonds. The Bertz CT molecular complexity index is 999. The molecule has 3 rings (SSSR count). The molecule has 5 nitrogen and oxygen atoms in total. The molecular weight excluding hydrogens is 372 g/mol. The van der Waals surface area contributed by atoms with Crippen LogP contribution in [0.25, 0.3) is 0 Å². The summed E-state index contributed by atoms with van der Waals surface area (Å²) >= 11 is 0. The Hall–Kier alpha value is -2.34. The molecule has 0 spiro atoms. The molecule has 1 saturated heterocycles. The number of piperidine rings is 1. The predicted molar refractivity (Wildman–Crippen MR) is 112 cm³/mol. The lowest BCUT2D eigenvalue weighted by atomic mass is 9.99. The van der Waals surface area contributed by atoms with E-state index in [4.69, 9.17) is 0 Å². The number of nitrogens with zero attached hydrogens (tertiary/aromatic N) is 1.